The number of hydrogen-bond donors (Lipinski definition) is 0. The molecular weight excluding hydrogens is 139 g/mol. The predicted molar refractivity (Wildman–Crippen MR) is 45.9 cm³/mol. The first-order chi connectivity index (χ1) is 4.93. The van der Waals surface area contributed by atoms with Crippen LogP contribution in [0.15, 0.2) is 11.9 Å². The largest absolute Gasteiger partial charge is 0.212 e. The SMILES string of the molecule is CC(C)/C(F)=C/C1CC1(C)C. The lowest BCUT2D eigenvalue weighted by atomic mass is 10.1. The second-order valence-corrected chi connectivity index (χ2v) is 4.51. The average Bonchev–Trinajstić information content (AvgIpc) is 2.39. The van der Waals surface area contributed by atoms with Gasteiger partial charge in [-0.15, -0.1) is 0 Å². The molecule has 0 spiro atoms. The summed E-state index contributed by atoms with van der Waals surface area (Å²) in [5, 5.41) is 0. The van der Waals surface area contributed by atoms with Gasteiger partial charge in [-0.1, -0.05) is 27.7 Å². The summed E-state index contributed by atoms with van der Waals surface area (Å²) < 4.78 is 13.0. The molecule has 1 aliphatic carbocycles. The summed E-state index contributed by atoms with van der Waals surface area (Å²) in [6.45, 7) is 8.14. The molecule has 0 nitrogen and oxygen atoms in total. The van der Waals surface area contributed by atoms with Crippen molar-refractivity contribution < 1.29 is 4.39 Å². The number of hydrogen-bond acceptors (Lipinski definition) is 0. The molecular formula is C10H17F. The van der Waals surface area contributed by atoms with Crippen LogP contribution in [0.4, 0.5) is 4.39 Å². The van der Waals surface area contributed by atoms with Gasteiger partial charge in [-0.2, -0.15) is 0 Å². The van der Waals surface area contributed by atoms with Gasteiger partial charge in [-0.05, 0) is 23.8 Å². The molecule has 1 saturated carbocycles. The molecule has 0 aromatic heterocycles. The first kappa shape index (κ1) is 8.76. The monoisotopic (exact) mass is 156 g/mol. The Hall–Kier alpha value is -0.330. The smallest absolute Gasteiger partial charge is 0.0988 e. The highest BCUT2D eigenvalue weighted by molar-refractivity contribution is 5.11. The fraction of sp³-hybridized carbons (Fsp3) is 0.800. The Kier molecular flexibility index (Phi) is 2.08. The molecule has 11 heavy (non-hydrogen) atoms. The van der Waals surface area contributed by atoms with Gasteiger partial charge < -0.3 is 0 Å². The quantitative estimate of drug-likeness (QED) is 0.573. The fourth-order valence-corrected chi connectivity index (χ4v) is 1.18. The van der Waals surface area contributed by atoms with Crippen LogP contribution < -0.4 is 0 Å². The molecule has 0 bridgehead atoms. The van der Waals surface area contributed by atoms with Crippen molar-refractivity contribution in [3.05, 3.63) is 11.9 Å². The van der Waals surface area contributed by atoms with Gasteiger partial charge in [0.1, 0.15) is 0 Å². The average molecular weight is 156 g/mol. The van der Waals surface area contributed by atoms with Crippen molar-refractivity contribution in [3.63, 3.8) is 0 Å². The molecule has 1 heteroatoms. The third kappa shape index (κ3) is 2.05. The van der Waals surface area contributed by atoms with Gasteiger partial charge in [-0.3, -0.25) is 0 Å². The second-order valence-electron chi connectivity index (χ2n) is 4.51. The van der Waals surface area contributed by atoms with Gasteiger partial charge in [0, 0.05) is 5.92 Å². The fourth-order valence-electron chi connectivity index (χ4n) is 1.18. The predicted octanol–water partition coefficient (Wildman–Crippen LogP) is 3.54. The molecule has 1 atom stereocenters. The molecule has 1 aliphatic rings. The van der Waals surface area contributed by atoms with Crippen molar-refractivity contribution in [3.8, 4) is 0 Å². The minimum Gasteiger partial charge on any atom is -0.212 e. The highest BCUT2D eigenvalue weighted by Gasteiger charge is 2.44. The van der Waals surface area contributed by atoms with Crippen LogP contribution in [0.3, 0.4) is 0 Å². The lowest BCUT2D eigenvalue weighted by Gasteiger charge is -2.01. The van der Waals surface area contributed by atoms with Gasteiger partial charge in [0.25, 0.3) is 0 Å². The van der Waals surface area contributed by atoms with E-state index in [-0.39, 0.29) is 11.7 Å². The molecule has 0 aromatic carbocycles. The molecule has 0 heterocycles. The van der Waals surface area contributed by atoms with Gasteiger partial charge in [0.2, 0.25) is 0 Å². The molecule has 0 aromatic rings. The van der Waals surface area contributed by atoms with E-state index < -0.39 is 0 Å². The number of allylic oxidation sites excluding steroid dienone is 2. The van der Waals surface area contributed by atoms with Crippen molar-refractivity contribution in [1.82, 2.24) is 0 Å². The first-order valence-corrected chi connectivity index (χ1v) is 4.30. The summed E-state index contributed by atoms with van der Waals surface area (Å²) in [7, 11) is 0. The standard InChI is InChI=1S/C10H17F/c1-7(2)9(11)5-8-6-10(8,3)4/h5,7-8H,6H2,1-4H3/b9-5-. The molecule has 1 unspecified atom stereocenters. The van der Waals surface area contributed by atoms with E-state index in [2.05, 4.69) is 13.8 Å². The zero-order chi connectivity index (χ0) is 8.65. The molecule has 1 fully saturated rings. The van der Waals surface area contributed by atoms with Crippen molar-refractivity contribution >= 4 is 0 Å². The van der Waals surface area contributed by atoms with Crippen LogP contribution in [0, 0.1) is 17.3 Å². The van der Waals surface area contributed by atoms with E-state index >= 15 is 0 Å². The van der Waals surface area contributed by atoms with Crippen molar-refractivity contribution in [2.75, 3.05) is 0 Å². The Morgan fingerprint density at radius 2 is 2.00 bits per heavy atom. The highest BCUT2D eigenvalue weighted by Crippen LogP contribution is 2.53. The maximum atomic E-state index is 13.0. The molecule has 1 rings (SSSR count). The maximum absolute atomic E-state index is 13.0. The minimum atomic E-state index is 0.0561. The van der Waals surface area contributed by atoms with Crippen LogP contribution in [0.5, 0.6) is 0 Å². The molecule has 0 saturated heterocycles. The Labute approximate surface area is 68.5 Å². The summed E-state index contributed by atoms with van der Waals surface area (Å²) in [5.41, 5.74) is 0.367. The van der Waals surface area contributed by atoms with E-state index in [1.54, 1.807) is 6.08 Å². The Morgan fingerprint density at radius 1 is 1.55 bits per heavy atom. The van der Waals surface area contributed by atoms with Crippen molar-refractivity contribution in [2.45, 2.75) is 34.1 Å². The van der Waals surface area contributed by atoms with Crippen LogP contribution in [0.1, 0.15) is 34.1 Å². The number of halogens is 1. The Bertz CT molecular complexity index is 177. The topological polar surface area (TPSA) is 0 Å². The highest BCUT2D eigenvalue weighted by atomic mass is 19.1. The van der Waals surface area contributed by atoms with Crippen LogP contribution in [0.2, 0.25) is 0 Å². The molecule has 0 amide bonds. The summed E-state index contributed by atoms with van der Waals surface area (Å²) in [6, 6.07) is 0. The van der Waals surface area contributed by atoms with Gasteiger partial charge in [-0.25, -0.2) is 4.39 Å². The third-order valence-corrected chi connectivity index (χ3v) is 2.50. The van der Waals surface area contributed by atoms with Crippen molar-refractivity contribution in [1.29, 1.82) is 0 Å². The summed E-state index contributed by atoms with van der Waals surface area (Å²) in [4.78, 5) is 0. The van der Waals surface area contributed by atoms with Crippen LogP contribution >= 0.6 is 0 Å². The van der Waals surface area contributed by atoms with Crippen LogP contribution in [-0.2, 0) is 0 Å². The van der Waals surface area contributed by atoms with E-state index in [1.807, 2.05) is 13.8 Å². The minimum absolute atomic E-state index is 0.0561. The van der Waals surface area contributed by atoms with E-state index in [0.29, 0.717) is 11.3 Å². The Morgan fingerprint density at radius 3 is 2.27 bits per heavy atom. The zero-order valence-electron chi connectivity index (χ0n) is 7.82. The maximum Gasteiger partial charge on any atom is 0.0988 e. The molecule has 0 aliphatic heterocycles. The zero-order valence-corrected chi connectivity index (χ0v) is 7.82. The van der Waals surface area contributed by atoms with Crippen LogP contribution in [-0.4, -0.2) is 0 Å². The summed E-state index contributed by atoms with van der Waals surface area (Å²) in [5.74, 6) is 0.608. The second kappa shape index (κ2) is 2.62. The number of rotatable bonds is 2. The van der Waals surface area contributed by atoms with E-state index in [0.717, 1.165) is 6.42 Å². The summed E-state index contributed by atoms with van der Waals surface area (Å²) >= 11 is 0. The Balaban J connectivity index is 2.49. The van der Waals surface area contributed by atoms with Gasteiger partial charge >= 0.3 is 0 Å². The van der Waals surface area contributed by atoms with Crippen molar-refractivity contribution in [2.24, 2.45) is 17.3 Å². The normalized spacial score (nSPS) is 29.3. The van der Waals surface area contributed by atoms with Gasteiger partial charge in [0.15, 0.2) is 0 Å². The summed E-state index contributed by atoms with van der Waals surface area (Å²) in [6.07, 6.45) is 2.94. The molecule has 0 radical (unpaired) electrons. The first-order valence-electron chi connectivity index (χ1n) is 4.30. The third-order valence-electron chi connectivity index (χ3n) is 2.50. The molecule has 0 N–H and O–H groups in total. The van der Waals surface area contributed by atoms with E-state index in [1.165, 1.54) is 0 Å². The van der Waals surface area contributed by atoms with E-state index in [9.17, 15) is 4.39 Å². The lowest BCUT2D eigenvalue weighted by molar-refractivity contribution is 0.505. The molecule has 64 valence electrons. The van der Waals surface area contributed by atoms with Gasteiger partial charge in [0.05, 0.1) is 5.83 Å². The van der Waals surface area contributed by atoms with E-state index in [4.69, 9.17) is 0 Å². The lowest BCUT2D eigenvalue weighted by Crippen LogP contribution is -1.91. The van der Waals surface area contributed by atoms with Crippen LogP contribution in [0.25, 0.3) is 0 Å².